The molecule has 12 aromatic carbocycles. The lowest BCUT2D eigenvalue weighted by Crippen LogP contribution is -2.26. The van der Waals surface area contributed by atoms with E-state index in [1.165, 1.54) is 0 Å². The minimum Gasteiger partial charge on any atom is -0.505 e. The zero-order valence-electron chi connectivity index (χ0n) is 61.7. The summed E-state index contributed by atoms with van der Waals surface area (Å²) in [6.45, 7) is 6.23. The third-order valence-corrected chi connectivity index (χ3v) is 23.0. The van der Waals surface area contributed by atoms with Crippen LogP contribution in [0.1, 0.15) is 118 Å². The third kappa shape index (κ3) is 12.4. The molecule has 12 N–H and O–H groups in total. The first-order chi connectivity index (χ1) is 55.0. The van der Waals surface area contributed by atoms with E-state index in [0.29, 0.717) is 44.8 Å². The van der Waals surface area contributed by atoms with Crippen LogP contribution in [0.4, 0.5) is 56.9 Å². The number of aromatic hydroxyl groups is 3. The van der Waals surface area contributed by atoms with Gasteiger partial charge in [-0.1, -0.05) is 197 Å². The molecule has 0 saturated carbocycles. The Morgan fingerprint density at radius 3 is 1.45 bits per heavy atom. The summed E-state index contributed by atoms with van der Waals surface area (Å²) < 4.78 is 0. The van der Waals surface area contributed by atoms with Crippen molar-refractivity contribution in [2.75, 3.05) is 10.2 Å². The molecule has 0 spiro atoms. The number of nitrogens with zero attached hydrogens (tertiary/aromatic N) is 7. The third-order valence-electron chi connectivity index (χ3n) is 23.0. The average Bonchev–Trinajstić information content (AvgIpc) is 1.09. The minimum atomic E-state index is -0.831. The molecule has 19 heteroatoms. The van der Waals surface area contributed by atoms with E-state index in [0.717, 1.165) is 130 Å². The number of para-hydroxylation sites is 1. The van der Waals surface area contributed by atoms with Crippen molar-refractivity contribution < 1.29 is 29.8 Å². The van der Waals surface area contributed by atoms with Crippen LogP contribution in [0, 0.1) is 11.8 Å². The fourth-order valence-corrected chi connectivity index (χ4v) is 17.5. The topological polar surface area (TPSA) is 284 Å². The van der Waals surface area contributed by atoms with Gasteiger partial charge in [0.25, 0.3) is 0 Å². The van der Waals surface area contributed by atoms with Gasteiger partial charge in [-0.15, -0.1) is 15.3 Å². The lowest BCUT2D eigenvalue weighted by Gasteiger charge is -2.29. The number of rotatable bonds is 21. The predicted octanol–water partition coefficient (Wildman–Crippen LogP) is 22.5. The fourth-order valence-electron chi connectivity index (χ4n) is 17.5. The van der Waals surface area contributed by atoms with Crippen LogP contribution in [0.15, 0.2) is 298 Å². The minimum absolute atomic E-state index is 0.0150. The van der Waals surface area contributed by atoms with Gasteiger partial charge in [-0.25, -0.2) is 17.7 Å². The van der Waals surface area contributed by atoms with Gasteiger partial charge in [0.05, 0.1) is 28.6 Å². The number of aromatic amines is 1. The fraction of sp³-hybridized carbons (Fsp3) is 0.161. The van der Waals surface area contributed by atoms with E-state index in [-0.39, 0.29) is 64.5 Å². The van der Waals surface area contributed by atoms with Gasteiger partial charge in [-0.3, -0.25) is 14.5 Å². The number of hydrogen-bond donors (Lipinski definition) is 9. The summed E-state index contributed by atoms with van der Waals surface area (Å²) in [4.78, 5) is 23.1. The molecule has 2 aliphatic heterocycles. The molecule has 554 valence electrons. The molecule has 0 radical (unpaired) electrons. The van der Waals surface area contributed by atoms with E-state index >= 15 is 0 Å². The Hall–Kier alpha value is -12.8. The smallest absolute Gasteiger partial charge is 0.150 e. The second-order valence-corrected chi connectivity index (χ2v) is 29.0. The highest BCUT2D eigenvalue weighted by molar-refractivity contribution is 6.21. The van der Waals surface area contributed by atoms with E-state index < -0.39 is 18.3 Å². The van der Waals surface area contributed by atoms with Crippen molar-refractivity contribution in [1.82, 2.24) is 10.3 Å². The molecule has 3 heterocycles. The summed E-state index contributed by atoms with van der Waals surface area (Å²) in [5, 5.41) is 80.3. The molecule has 5 aliphatic rings. The Morgan fingerprint density at radius 2 is 0.893 bits per heavy atom. The summed E-state index contributed by atoms with van der Waals surface area (Å²) >= 11 is 0. The van der Waals surface area contributed by atoms with Crippen molar-refractivity contribution in [2.45, 2.75) is 82.4 Å². The normalized spacial score (nSPS) is 18.8. The first kappa shape index (κ1) is 70.8. The van der Waals surface area contributed by atoms with Gasteiger partial charge in [0.2, 0.25) is 0 Å². The number of nitrogens with two attached hydrogens (primary N) is 3. The van der Waals surface area contributed by atoms with E-state index in [4.69, 9.17) is 62.9 Å². The number of phenols is 3. The molecule has 1 fully saturated rings. The van der Waals surface area contributed by atoms with E-state index in [2.05, 4.69) is 120 Å². The number of H-pyrrole nitrogens is 1. The van der Waals surface area contributed by atoms with E-state index in [9.17, 15) is 15.3 Å². The Balaban J connectivity index is 0.736. The molecular weight excluding hydrogens is 1400 g/mol. The SMILES string of the molecule is CCc1ccccc1C(ON)c1cc2c(c(N=Nc3ccc(N(c4ccc(N=Nc5c(O)c(C(ON)c6ccccc6CC)cc6ccc7c(c56)NC5C=CC=CC75)cc4)c4ccc(N=Nc5c(O)c(C(ON)c6ccccc6CC)cc6ccc7c8ccccc8[nH]c7c56)cc4)cc3)c1O)C1NC3C=CC=CC3C1C=C2. The van der Waals surface area contributed by atoms with E-state index in [1.807, 2.05) is 194 Å². The van der Waals surface area contributed by atoms with Crippen molar-refractivity contribution in [3.05, 3.63) is 334 Å². The maximum Gasteiger partial charge on any atom is 0.150 e. The lowest BCUT2D eigenvalue weighted by atomic mass is 9.77. The number of hydrogen-bond acceptors (Lipinski definition) is 18. The number of allylic oxidation sites excluding steroid dienone is 4. The van der Waals surface area contributed by atoms with Crippen LogP contribution in [0.3, 0.4) is 0 Å². The zero-order valence-corrected chi connectivity index (χ0v) is 61.7. The maximum absolute atomic E-state index is 12.7. The number of nitrogens with one attached hydrogen (secondary N) is 3. The average molecular weight is 1480 g/mol. The van der Waals surface area contributed by atoms with Gasteiger partial charge in [0, 0.05) is 102 Å². The molecule has 9 unspecified atom stereocenters. The molecule has 13 aromatic rings. The molecule has 9 atom stereocenters. The maximum atomic E-state index is 12.7. The lowest BCUT2D eigenvalue weighted by molar-refractivity contribution is 0.0790. The molecule has 19 nitrogen and oxygen atoms in total. The van der Waals surface area contributed by atoms with Gasteiger partial charge in [-0.2, -0.15) is 15.3 Å². The van der Waals surface area contributed by atoms with Crippen molar-refractivity contribution in [3.8, 4) is 17.2 Å². The summed E-state index contributed by atoms with van der Waals surface area (Å²) in [5.74, 6) is 18.7. The standard InChI is InChI=1S/C93H81N13O6/c1-4-52-19-7-10-22-64(52)91(110-94)73-49-55-31-46-70-67-25-13-16-28-76(67)97-82(70)79(55)85(88(73)107)103-100-58-34-40-61(41-35-58)106(62-42-36-59(37-43-62)101-104-86-80-56(32-47-71-68-26-14-17-29-77(68)98-83(71)80)50-74(89(86)108)92(111-95)65-23-11-8-20-53(65)5-2)63-44-38-60(39-45-63)102-105-87-81-57(33-48-72-69-27-15-18-30-78(69)99-84(72)81)51-75(90(87)109)93(112-96)66-24-12-9-21-54(66)6-3/h7-51,67-68,70,76-77,82,91-93,97-99,107-109H,4-6,94-96H2,1-3H3. The molecule has 1 aromatic heterocycles. The van der Waals surface area contributed by atoms with Gasteiger partial charge < -0.3 is 35.8 Å². The van der Waals surface area contributed by atoms with Crippen molar-refractivity contribution >= 4 is 106 Å². The first-order valence-corrected chi connectivity index (χ1v) is 38.0. The molecule has 0 bridgehead atoms. The number of fused-ring (bicyclic) bond motifs is 15. The second-order valence-electron chi connectivity index (χ2n) is 29.0. The van der Waals surface area contributed by atoms with Crippen molar-refractivity contribution in [1.29, 1.82) is 0 Å². The van der Waals surface area contributed by atoms with Crippen molar-refractivity contribution in [3.63, 3.8) is 0 Å². The van der Waals surface area contributed by atoms with Crippen LogP contribution in [0.5, 0.6) is 17.2 Å². The number of aryl methyl sites for hydroxylation is 3. The van der Waals surface area contributed by atoms with Crippen LogP contribution >= 0.6 is 0 Å². The van der Waals surface area contributed by atoms with Gasteiger partial charge in [-0.05, 0) is 172 Å². The Labute approximate surface area is 646 Å². The molecule has 18 rings (SSSR count). The molecule has 112 heavy (non-hydrogen) atoms. The summed E-state index contributed by atoms with van der Waals surface area (Å²) in [7, 11) is 0. The van der Waals surface area contributed by atoms with E-state index in [1.54, 1.807) is 0 Å². The van der Waals surface area contributed by atoms with Crippen LogP contribution < -0.4 is 33.2 Å². The number of benzene rings is 12. The molecular formula is C93H81N13O6. The van der Waals surface area contributed by atoms with Crippen molar-refractivity contribution in [2.24, 2.45) is 60.2 Å². The van der Waals surface area contributed by atoms with Gasteiger partial charge >= 0.3 is 0 Å². The summed E-state index contributed by atoms with van der Waals surface area (Å²) in [5.41, 5.74) is 17.0. The molecule has 1 saturated heterocycles. The quantitative estimate of drug-likeness (QED) is 0.0240. The Kier molecular flexibility index (Phi) is 18.9. The Bertz CT molecular complexity index is 6120. The number of aromatic nitrogens is 1. The van der Waals surface area contributed by atoms with Crippen LogP contribution in [0.25, 0.3) is 49.4 Å². The van der Waals surface area contributed by atoms with Crippen LogP contribution in [-0.2, 0) is 33.8 Å². The molecule has 0 amide bonds. The highest BCUT2D eigenvalue weighted by Gasteiger charge is 2.45. The first-order valence-electron chi connectivity index (χ1n) is 38.0. The number of azo groups is 3. The molecule has 3 aliphatic carbocycles. The number of phenolic OH excluding ortho intramolecular Hbond substituents is 3. The van der Waals surface area contributed by atoms with Crippen LogP contribution in [-0.4, -0.2) is 32.4 Å². The summed E-state index contributed by atoms with van der Waals surface area (Å²) in [6.07, 6.45) is 21.1. The zero-order chi connectivity index (χ0) is 76.3. The highest BCUT2D eigenvalue weighted by atomic mass is 16.6. The Morgan fingerprint density at radius 1 is 0.429 bits per heavy atom. The second kappa shape index (κ2) is 29.9. The van der Waals surface area contributed by atoms with Crippen LogP contribution in [0.2, 0.25) is 0 Å². The predicted molar refractivity (Wildman–Crippen MR) is 444 cm³/mol. The summed E-state index contributed by atoms with van der Waals surface area (Å²) in [6, 6.07) is 69.1. The largest absolute Gasteiger partial charge is 0.505 e. The van der Waals surface area contributed by atoms with Gasteiger partial charge in [0.1, 0.15) is 52.6 Å². The highest BCUT2D eigenvalue weighted by Crippen LogP contribution is 2.56. The monoisotopic (exact) mass is 1480 g/mol. The van der Waals surface area contributed by atoms with Gasteiger partial charge in [0.15, 0.2) is 0 Å². The number of anilines is 4.